The van der Waals surface area contributed by atoms with Gasteiger partial charge >= 0.3 is 11.7 Å². The van der Waals surface area contributed by atoms with E-state index in [0.717, 1.165) is 22.0 Å². The fourth-order valence-corrected chi connectivity index (χ4v) is 3.46. The molecule has 29 heavy (non-hydrogen) atoms. The number of rotatable bonds is 5. The van der Waals surface area contributed by atoms with Gasteiger partial charge in [-0.25, -0.2) is 9.78 Å². The molecule has 0 saturated heterocycles. The first-order valence-electron chi connectivity index (χ1n) is 9.23. The summed E-state index contributed by atoms with van der Waals surface area (Å²) >= 11 is 6.30. The number of esters is 1. The SMILES string of the molecule is Cc1ccc2cc(COC(=O)CCn3c(=O)oc4ccccc43)c(Cl)nc2c1C. The molecule has 0 amide bonds. The monoisotopic (exact) mass is 410 g/mol. The number of hydrogen-bond acceptors (Lipinski definition) is 5. The lowest BCUT2D eigenvalue weighted by molar-refractivity contribution is -0.145. The Balaban J connectivity index is 1.44. The molecule has 0 aliphatic rings. The molecule has 0 atom stereocenters. The average molecular weight is 411 g/mol. The van der Waals surface area contributed by atoms with E-state index in [2.05, 4.69) is 4.98 Å². The molecular weight excluding hydrogens is 392 g/mol. The third kappa shape index (κ3) is 3.76. The van der Waals surface area contributed by atoms with Crippen molar-refractivity contribution in [1.82, 2.24) is 9.55 Å². The van der Waals surface area contributed by atoms with Crippen LogP contribution in [-0.2, 0) is 22.7 Å². The summed E-state index contributed by atoms with van der Waals surface area (Å²) in [6.07, 6.45) is 0.0420. The van der Waals surface area contributed by atoms with Crippen LogP contribution in [0, 0.1) is 13.8 Å². The zero-order valence-corrected chi connectivity index (χ0v) is 16.8. The molecular formula is C22H19ClN2O4. The molecule has 4 aromatic rings. The number of aryl methyl sites for hydroxylation is 3. The summed E-state index contributed by atoms with van der Waals surface area (Å²) in [7, 11) is 0. The lowest BCUT2D eigenvalue weighted by Gasteiger charge is -2.10. The Morgan fingerprint density at radius 3 is 2.83 bits per heavy atom. The van der Waals surface area contributed by atoms with Gasteiger partial charge in [0.05, 0.1) is 17.5 Å². The minimum absolute atomic E-state index is 0.0224. The van der Waals surface area contributed by atoms with Crippen molar-refractivity contribution in [3.8, 4) is 0 Å². The Hall–Kier alpha value is -3.12. The number of carbonyl (C=O) groups is 1. The van der Waals surface area contributed by atoms with Gasteiger partial charge in [0, 0.05) is 17.5 Å². The van der Waals surface area contributed by atoms with Gasteiger partial charge in [0.15, 0.2) is 5.58 Å². The van der Waals surface area contributed by atoms with E-state index in [1.807, 2.05) is 38.1 Å². The minimum atomic E-state index is -0.494. The number of benzene rings is 2. The molecule has 2 aromatic heterocycles. The number of nitrogens with zero attached hydrogens (tertiary/aromatic N) is 2. The number of fused-ring (bicyclic) bond motifs is 2. The van der Waals surface area contributed by atoms with Crippen LogP contribution in [0.3, 0.4) is 0 Å². The molecule has 0 aliphatic heterocycles. The van der Waals surface area contributed by atoms with Crippen molar-refractivity contribution >= 4 is 39.6 Å². The Labute approximate surface area is 171 Å². The molecule has 6 nitrogen and oxygen atoms in total. The molecule has 0 radical (unpaired) electrons. The maximum atomic E-state index is 12.2. The van der Waals surface area contributed by atoms with E-state index in [1.165, 1.54) is 4.57 Å². The van der Waals surface area contributed by atoms with Gasteiger partial charge in [-0.3, -0.25) is 9.36 Å². The van der Waals surface area contributed by atoms with Gasteiger partial charge in [0.25, 0.3) is 0 Å². The van der Waals surface area contributed by atoms with Crippen LogP contribution in [0.5, 0.6) is 0 Å². The third-order valence-corrected chi connectivity index (χ3v) is 5.37. The first-order valence-corrected chi connectivity index (χ1v) is 9.61. The quantitative estimate of drug-likeness (QED) is 0.356. The number of ether oxygens (including phenoxy) is 1. The van der Waals surface area contributed by atoms with E-state index in [1.54, 1.807) is 18.2 Å². The van der Waals surface area contributed by atoms with Crippen molar-refractivity contribution in [3.63, 3.8) is 0 Å². The highest BCUT2D eigenvalue weighted by molar-refractivity contribution is 6.30. The van der Waals surface area contributed by atoms with Crippen molar-refractivity contribution in [1.29, 1.82) is 0 Å². The number of halogens is 1. The second-order valence-electron chi connectivity index (χ2n) is 6.92. The number of aromatic nitrogens is 2. The highest BCUT2D eigenvalue weighted by atomic mass is 35.5. The number of pyridine rings is 1. The maximum Gasteiger partial charge on any atom is 0.419 e. The summed E-state index contributed by atoms with van der Waals surface area (Å²) in [4.78, 5) is 28.6. The normalized spacial score (nSPS) is 11.3. The lowest BCUT2D eigenvalue weighted by Crippen LogP contribution is -2.17. The summed E-state index contributed by atoms with van der Waals surface area (Å²) in [6.45, 7) is 4.22. The molecule has 2 heterocycles. The van der Waals surface area contributed by atoms with Gasteiger partial charge in [0.2, 0.25) is 0 Å². The highest BCUT2D eigenvalue weighted by Gasteiger charge is 2.13. The van der Waals surface area contributed by atoms with E-state index < -0.39 is 11.7 Å². The largest absolute Gasteiger partial charge is 0.461 e. The Bertz CT molecular complexity index is 1290. The second kappa shape index (κ2) is 7.72. The van der Waals surface area contributed by atoms with Gasteiger partial charge in [-0.05, 0) is 43.2 Å². The molecule has 0 spiro atoms. The summed E-state index contributed by atoms with van der Waals surface area (Å²) in [5.41, 5.74) is 4.84. The number of carbonyl (C=O) groups excluding carboxylic acids is 1. The van der Waals surface area contributed by atoms with Crippen molar-refractivity contribution in [2.45, 2.75) is 33.4 Å². The third-order valence-electron chi connectivity index (χ3n) is 5.04. The van der Waals surface area contributed by atoms with Crippen molar-refractivity contribution in [2.24, 2.45) is 0 Å². The van der Waals surface area contributed by atoms with Crippen LogP contribution in [0.2, 0.25) is 5.15 Å². The first kappa shape index (κ1) is 19.2. The topological polar surface area (TPSA) is 74.3 Å². The van der Waals surface area contributed by atoms with E-state index in [9.17, 15) is 9.59 Å². The molecule has 0 saturated carbocycles. The predicted octanol–water partition coefficient (Wildman–Crippen LogP) is 4.55. The maximum absolute atomic E-state index is 12.2. The molecule has 2 aromatic carbocycles. The number of para-hydroxylation sites is 2. The fraction of sp³-hybridized carbons (Fsp3) is 0.227. The molecule has 0 fully saturated rings. The molecule has 4 rings (SSSR count). The second-order valence-corrected chi connectivity index (χ2v) is 7.27. The number of hydrogen-bond donors (Lipinski definition) is 0. The molecule has 148 valence electrons. The van der Waals surface area contributed by atoms with Gasteiger partial charge in [-0.2, -0.15) is 0 Å². The Morgan fingerprint density at radius 1 is 1.21 bits per heavy atom. The van der Waals surface area contributed by atoms with Crippen LogP contribution < -0.4 is 5.76 Å². The van der Waals surface area contributed by atoms with E-state index in [0.29, 0.717) is 21.8 Å². The molecule has 0 bridgehead atoms. The van der Waals surface area contributed by atoms with Crippen LogP contribution in [0.1, 0.15) is 23.1 Å². The van der Waals surface area contributed by atoms with Crippen LogP contribution in [0.4, 0.5) is 0 Å². The van der Waals surface area contributed by atoms with E-state index >= 15 is 0 Å². The van der Waals surface area contributed by atoms with Crippen LogP contribution in [0.25, 0.3) is 22.0 Å². The Kier molecular flexibility index (Phi) is 5.11. The smallest absolute Gasteiger partial charge is 0.419 e. The van der Waals surface area contributed by atoms with Crippen molar-refractivity contribution < 1.29 is 13.9 Å². The van der Waals surface area contributed by atoms with Crippen LogP contribution in [0.15, 0.2) is 51.7 Å². The van der Waals surface area contributed by atoms with Crippen LogP contribution in [-0.4, -0.2) is 15.5 Å². The Morgan fingerprint density at radius 2 is 2.00 bits per heavy atom. The van der Waals surface area contributed by atoms with Gasteiger partial charge in [-0.15, -0.1) is 0 Å². The van der Waals surface area contributed by atoms with Crippen molar-refractivity contribution in [3.05, 3.63) is 74.9 Å². The average Bonchev–Trinajstić information content (AvgIpc) is 3.03. The summed E-state index contributed by atoms with van der Waals surface area (Å²) in [5, 5.41) is 1.26. The van der Waals surface area contributed by atoms with Crippen LogP contribution >= 0.6 is 11.6 Å². The molecule has 7 heteroatoms. The zero-order chi connectivity index (χ0) is 20.5. The minimum Gasteiger partial charge on any atom is -0.461 e. The van der Waals surface area contributed by atoms with Crippen molar-refractivity contribution in [2.75, 3.05) is 0 Å². The predicted molar refractivity (Wildman–Crippen MR) is 111 cm³/mol. The summed E-state index contributed by atoms with van der Waals surface area (Å²) < 4.78 is 11.9. The molecule has 0 aliphatic carbocycles. The van der Waals surface area contributed by atoms with E-state index in [-0.39, 0.29) is 19.6 Å². The lowest BCUT2D eigenvalue weighted by atomic mass is 10.0. The molecule has 0 unspecified atom stereocenters. The molecule has 0 N–H and O–H groups in total. The fourth-order valence-electron chi connectivity index (χ4n) is 3.26. The summed E-state index contributed by atoms with van der Waals surface area (Å²) in [5.74, 6) is -0.926. The summed E-state index contributed by atoms with van der Waals surface area (Å²) in [6, 6.07) is 13.0. The first-order chi connectivity index (χ1) is 13.9. The van der Waals surface area contributed by atoms with Gasteiger partial charge in [-0.1, -0.05) is 35.9 Å². The number of oxazole rings is 1. The highest BCUT2D eigenvalue weighted by Crippen LogP contribution is 2.25. The van der Waals surface area contributed by atoms with Gasteiger partial charge < -0.3 is 9.15 Å². The standard InChI is InChI=1S/C22H19ClN2O4/c1-13-7-8-15-11-16(21(23)24-20(15)14(13)2)12-28-19(26)9-10-25-17-5-3-4-6-18(17)29-22(25)27/h3-8,11H,9-10,12H2,1-2H3. The van der Waals surface area contributed by atoms with E-state index in [4.69, 9.17) is 20.8 Å². The zero-order valence-electron chi connectivity index (χ0n) is 16.1. The van der Waals surface area contributed by atoms with Gasteiger partial charge in [0.1, 0.15) is 11.8 Å².